The van der Waals surface area contributed by atoms with Crippen molar-refractivity contribution in [1.82, 2.24) is 19.9 Å². The minimum Gasteiger partial charge on any atom is -0.369 e. The molecule has 7 nitrogen and oxygen atoms in total. The molecule has 0 radical (unpaired) electrons. The van der Waals surface area contributed by atoms with Gasteiger partial charge in [-0.05, 0) is 47.0 Å². The van der Waals surface area contributed by atoms with Crippen molar-refractivity contribution in [2.24, 2.45) is 0 Å². The number of carbonyl (C=O) groups is 1. The molecular weight excluding hydrogens is 448 g/mol. The molecule has 6 rings (SSSR count). The smallest absolute Gasteiger partial charge is 0.274 e. The second kappa shape index (κ2) is 9.64. The predicted molar refractivity (Wildman–Crippen MR) is 143 cm³/mol. The maximum atomic E-state index is 13.0. The summed E-state index contributed by atoms with van der Waals surface area (Å²) in [5, 5.41) is 10.8. The van der Waals surface area contributed by atoms with Crippen molar-refractivity contribution in [2.45, 2.75) is 0 Å². The third-order valence-corrected chi connectivity index (χ3v) is 6.51. The lowest BCUT2D eigenvalue weighted by Gasteiger charge is -2.29. The summed E-state index contributed by atoms with van der Waals surface area (Å²) in [6.45, 7) is 3.94. The van der Waals surface area contributed by atoms with Crippen molar-refractivity contribution in [3.8, 4) is 22.3 Å². The molecule has 0 atom stereocenters. The number of aromatic nitrogens is 3. The van der Waals surface area contributed by atoms with Crippen LogP contribution in [0.25, 0.3) is 27.9 Å². The monoisotopic (exact) mass is 474 g/mol. The van der Waals surface area contributed by atoms with Crippen LogP contribution in [0.3, 0.4) is 0 Å². The molecule has 1 saturated heterocycles. The van der Waals surface area contributed by atoms with Crippen molar-refractivity contribution in [1.29, 1.82) is 0 Å². The van der Waals surface area contributed by atoms with Gasteiger partial charge in [0.1, 0.15) is 5.69 Å². The number of rotatable bonds is 5. The second-order valence-corrected chi connectivity index (χ2v) is 8.82. The van der Waals surface area contributed by atoms with E-state index in [1.807, 2.05) is 42.5 Å². The van der Waals surface area contributed by atoms with Gasteiger partial charge in [0.15, 0.2) is 5.65 Å². The van der Waals surface area contributed by atoms with Crippen LogP contribution in [0.2, 0.25) is 0 Å². The van der Waals surface area contributed by atoms with Crippen molar-refractivity contribution in [3.05, 3.63) is 103 Å². The number of carbonyl (C=O) groups excluding carboxylic acids is 1. The van der Waals surface area contributed by atoms with E-state index in [0.29, 0.717) is 11.3 Å². The first-order valence-electron chi connectivity index (χ1n) is 12.1. The SMILES string of the molecule is O=C(Nc1ccc(N2CCNCC2)cc1)c1ccn2ncc(-c3ccc(-c4ccccc4)cc3)c2n1. The van der Waals surface area contributed by atoms with Crippen molar-refractivity contribution < 1.29 is 4.79 Å². The van der Waals surface area contributed by atoms with E-state index in [1.54, 1.807) is 23.0 Å². The summed E-state index contributed by atoms with van der Waals surface area (Å²) < 4.78 is 1.69. The van der Waals surface area contributed by atoms with Crippen molar-refractivity contribution in [3.63, 3.8) is 0 Å². The fourth-order valence-electron chi connectivity index (χ4n) is 4.55. The van der Waals surface area contributed by atoms with E-state index in [1.165, 1.54) is 5.56 Å². The Balaban J connectivity index is 1.21. The molecule has 1 aliphatic heterocycles. The standard InChI is InChI=1S/C29H26N6O/c36-29(32-24-10-12-25(13-11-24)34-18-15-30-16-19-34)27-14-17-35-28(33-27)26(20-31-35)23-8-6-22(7-9-23)21-4-2-1-3-5-21/h1-14,17,20,30H,15-16,18-19H2,(H,32,36). The Labute approximate surface area is 209 Å². The molecule has 0 spiro atoms. The van der Waals surface area contributed by atoms with Gasteiger partial charge in [-0.25, -0.2) is 9.50 Å². The molecule has 3 aromatic carbocycles. The number of amides is 1. The van der Waals surface area contributed by atoms with Crippen LogP contribution in [-0.4, -0.2) is 46.7 Å². The van der Waals surface area contributed by atoms with Crippen LogP contribution in [0.1, 0.15) is 10.5 Å². The Morgan fingerprint density at radius 3 is 2.25 bits per heavy atom. The highest BCUT2D eigenvalue weighted by molar-refractivity contribution is 6.03. The highest BCUT2D eigenvalue weighted by Crippen LogP contribution is 2.27. The van der Waals surface area contributed by atoms with E-state index in [-0.39, 0.29) is 5.91 Å². The second-order valence-electron chi connectivity index (χ2n) is 8.82. The maximum absolute atomic E-state index is 13.0. The van der Waals surface area contributed by atoms with Gasteiger partial charge in [0.2, 0.25) is 0 Å². The first kappa shape index (κ1) is 22.0. The molecule has 0 saturated carbocycles. The van der Waals surface area contributed by atoms with E-state index in [0.717, 1.165) is 54.2 Å². The number of fused-ring (bicyclic) bond motifs is 1. The lowest BCUT2D eigenvalue weighted by molar-refractivity contribution is 0.102. The fourth-order valence-corrected chi connectivity index (χ4v) is 4.55. The van der Waals surface area contributed by atoms with Crippen LogP contribution in [0.5, 0.6) is 0 Å². The number of nitrogens with one attached hydrogen (secondary N) is 2. The first-order valence-corrected chi connectivity index (χ1v) is 12.1. The van der Waals surface area contributed by atoms with E-state index in [9.17, 15) is 4.79 Å². The van der Waals surface area contributed by atoms with E-state index < -0.39 is 0 Å². The van der Waals surface area contributed by atoms with E-state index in [4.69, 9.17) is 0 Å². The molecule has 0 unspecified atom stereocenters. The highest BCUT2D eigenvalue weighted by Gasteiger charge is 2.14. The Morgan fingerprint density at radius 1 is 0.806 bits per heavy atom. The molecule has 1 amide bonds. The topological polar surface area (TPSA) is 74.6 Å². The first-order chi connectivity index (χ1) is 17.7. The number of benzene rings is 3. The molecule has 0 aliphatic carbocycles. The lowest BCUT2D eigenvalue weighted by atomic mass is 10.0. The predicted octanol–water partition coefficient (Wildman–Crippen LogP) is 4.73. The zero-order valence-corrected chi connectivity index (χ0v) is 19.8. The van der Waals surface area contributed by atoms with Gasteiger partial charge in [0.05, 0.1) is 6.20 Å². The van der Waals surface area contributed by atoms with Crippen LogP contribution >= 0.6 is 0 Å². The van der Waals surface area contributed by atoms with Crippen molar-refractivity contribution in [2.75, 3.05) is 36.4 Å². The van der Waals surface area contributed by atoms with Crippen LogP contribution in [-0.2, 0) is 0 Å². The van der Waals surface area contributed by atoms with E-state index >= 15 is 0 Å². The Kier molecular flexibility index (Phi) is 5.89. The highest BCUT2D eigenvalue weighted by atomic mass is 16.1. The summed E-state index contributed by atoms with van der Waals surface area (Å²) in [7, 11) is 0. The van der Waals surface area contributed by atoms with Gasteiger partial charge >= 0.3 is 0 Å². The Bertz CT molecular complexity index is 1490. The maximum Gasteiger partial charge on any atom is 0.274 e. The van der Waals surface area contributed by atoms with Crippen LogP contribution in [0, 0.1) is 0 Å². The van der Waals surface area contributed by atoms with Gasteiger partial charge in [0, 0.05) is 49.3 Å². The number of nitrogens with zero attached hydrogens (tertiary/aromatic N) is 4. The Morgan fingerprint density at radius 2 is 1.50 bits per heavy atom. The van der Waals surface area contributed by atoms with Gasteiger partial charge < -0.3 is 15.5 Å². The zero-order chi connectivity index (χ0) is 24.3. The largest absolute Gasteiger partial charge is 0.369 e. The van der Waals surface area contributed by atoms with Crippen LogP contribution in [0.15, 0.2) is 97.3 Å². The van der Waals surface area contributed by atoms with Crippen molar-refractivity contribution >= 4 is 22.9 Å². The fraction of sp³-hybridized carbons (Fsp3) is 0.138. The van der Waals surface area contributed by atoms with Crippen LogP contribution in [0.4, 0.5) is 11.4 Å². The normalized spacial score (nSPS) is 13.6. The summed E-state index contributed by atoms with van der Waals surface area (Å²) in [6, 6.07) is 28.2. The number of hydrogen-bond donors (Lipinski definition) is 2. The van der Waals surface area contributed by atoms with Crippen LogP contribution < -0.4 is 15.5 Å². The van der Waals surface area contributed by atoms with Gasteiger partial charge in [-0.1, -0.05) is 54.6 Å². The molecule has 2 N–H and O–H groups in total. The number of hydrogen-bond acceptors (Lipinski definition) is 5. The van der Waals surface area contributed by atoms with Gasteiger partial charge in [0.25, 0.3) is 5.91 Å². The summed E-state index contributed by atoms with van der Waals surface area (Å²) in [4.78, 5) is 20.0. The minimum atomic E-state index is -0.251. The zero-order valence-electron chi connectivity index (χ0n) is 19.8. The molecule has 1 fully saturated rings. The molecule has 1 aliphatic rings. The molecule has 178 valence electrons. The molecule has 0 bridgehead atoms. The molecule has 7 heteroatoms. The Hall–Kier alpha value is -4.49. The number of piperazine rings is 1. The summed E-state index contributed by atoms with van der Waals surface area (Å²) in [6.07, 6.45) is 3.56. The average molecular weight is 475 g/mol. The quantitative estimate of drug-likeness (QED) is 0.385. The average Bonchev–Trinajstić information content (AvgIpc) is 3.38. The molecule has 2 aromatic heterocycles. The summed E-state index contributed by atoms with van der Waals surface area (Å²) >= 11 is 0. The molecule has 3 heterocycles. The number of anilines is 2. The molecular formula is C29H26N6O. The van der Waals surface area contributed by atoms with Gasteiger partial charge in [-0.15, -0.1) is 0 Å². The van der Waals surface area contributed by atoms with E-state index in [2.05, 4.69) is 62.0 Å². The molecule has 36 heavy (non-hydrogen) atoms. The third kappa shape index (κ3) is 4.44. The summed E-state index contributed by atoms with van der Waals surface area (Å²) in [5.74, 6) is -0.251. The van der Waals surface area contributed by atoms with Gasteiger partial charge in [-0.2, -0.15) is 5.10 Å². The minimum absolute atomic E-state index is 0.251. The third-order valence-electron chi connectivity index (χ3n) is 6.51. The molecule has 5 aromatic rings. The van der Waals surface area contributed by atoms with Gasteiger partial charge in [-0.3, -0.25) is 4.79 Å². The summed E-state index contributed by atoms with van der Waals surface area (Å²) in [5.41, 5.74) is 7.08. The lowest BCUT2D eigenvalue weighted by Crippen LogP contribution is -2.43.